The van der Waals surface area contributed by atoms with Crippen molar-refractivity contribution in [2.75, 3.05) is 0 Å². The molecule has 1 aliphatic heterocycles. The largest absolute Gasteiger partial charge is 0.507 e. The van der Waals surface area contributed by atoms with E-state index in [1.54, 1.807) is 12.1 Å². The smallest absolute Gasteiger partial charge is 0.296 e. The molecule has 39 heavy (non-hydrogen) atoms. The highest BCUT2D eigenvalue weighted by Gasteiger charge is 2.46. The van der Waals surface area contributed by atoms with Crippen LogP contribution in [0.4, 0.5) is 0 Å². The number of ketones is 1. The fraction of sp³-hybridized carbons (Fsp3) is 0.212. The molecule has 6 heteroatoms. The molecule has 1 aliphatic carbocycles. The van der Waals surface area contributed by atoms with Crippen molar-refractivity contribution in [3.05, 3.63) is 130 Å². The van der Waals surface area contributed by atoms with E-state index in [1.165, 1.54) is 22.3 Å². The lowest BCUT2D eigenvalue weighted by Gasteiger charge is -2.25. The Morgan fingerprint density at radius 3 is 2.51 bits per heavy atom. The number of ether oxygens (including phenoxy) is 1. The van der Waals surface area contributed by atoms with E-state index >= 15 is 0 Å². The summed E-state index contributed by atoms with van der Waals surface area (Å²) in [6.45, 7) is 0.476. The quantitative estimate of drug-likeness (QED) is 0.175. The highest BCUT2D eigenvalue weighted by Crippen LogP contribution is 2.41. The fourth-order valence-corrected chi connectivity index (χ4v) is 5.51. The van der Waals surface area contributed by atoms with Gasteiger partial charge in [0.1, 0.15) is 23.9 Å². The monoisotopic (exact) mass is 519 g/mol. The molecule has 0 bridgehead atoms. The molecule has 0 spiro atoms. The molecule has 1 atom stereocenters. The van der Waals surface area contributed by atoms with E-state index in [0.717, 1.165) is 31.2 Å². The minimum Gasteiger partial charge on any atom is -0.507 e. The maximum Gasteiger partial charge on any atom is 0.296 e. The molecule has 0 radical (unpaired) electrons. The van der Waals surface area contributed by atoms with Crippen LogP contribution in [0, 0.1) is 0 Å². The molecule has 2 aliphatic rings. The Bertz CT molecular complexity index is 1540. The third kappa shape index (κ3) is 4.98. The molecule has 6 nitrogen and oxygen atoms in total. The molecule has 1 amide bonds. The van der Waals surface area contributed by atoms with E-state index in [1.807, 2.05) is 72.8 Å². The molecule has 1 N–H and O–H groups in total. The van der Waals surface area contributed by atoms with E-state index in [0.29, 0.717) is 29.2 Å². The third-order valence-corrected chi connectivity index (χ3v) is 7.49. The number of rotatable bonds is 7. The SMILES string of the molecule is O=C1C(=O)N(Cc2ccco2)C(c2cccc(OCc3ccccc3)c2)/C1=C(/O)c1ccc2c(c1)CCCC2. The first kappa shape index (κ1) is 24.7. The Balaban J connectivity index is 1.40. The Kier molecular flexibility index (Phi) is 6.76. The Labute approximate surface area is 227 Å². The lowest BCUT2D eigenvalue weighted by molar-refractivity contribution is -0.140. The van der Waals surface area contributed by atoms with E-state index in [4.69, 9.17) is 9.15 Å². The Morgan fingerprint density at radius 2 is 1.72 bits per heavy atom. The van der Waals surface area contributed by atoms with Gasteiger partial charge in [-0.15, -0.1) is 0 Å². The zero-order valence-electron chi connectivity index (χ0n) is 21.5. The second-order valence-corrected chi connectivity index (χ2v) is 10.0. The van der Waals surface area contributed by atoms with Crippen LogP contribution >= 0.6 is 0 Å². The zero-order valence-corrected chi connectivity index (χ0v) is 21.5. The summed E-state index contributed by atoms with van der Waals surface area (Å²) in [4.78, 5) is 28.3. The first-order valence-corrected chi connectivity index (χ1v) is 13.3. The first-order chi connectivity index (χ1) is 19.1. The van der Waals surface area contributed by atoms with Gasteiger partial charge in [0, 0.05) is 5.56 Å². The van der Waals surface area contributed by atoms with Crippen molar-refractivity contribution in [1.29, 1.82) is 0 Å². The summed E-state index contributed by atoms with van der Waals surface area (Å²) in [6.07, 6.45) is 5.73. The highest BCUT2D eigenvalue weighted by atomic mass is 16.5. The maximum absolute atomic E-state index is 13.5. The predicted molar refractivity (Wildman–Crippen MR) is 147 cm³/mol. The predicted octanol–water partition coefficient (Wildman–Crippen LogP) is 6.36. The van der Waals surface area contributed by atoms with Crippen LogP contribution in [-0.2, 0) is 35.6 Å². The summed E-state index contributed by atoms with van der Waals surface area (Å²) in [7, 11) is 0. The van der Waals surface area contributed by atoms with Crippen LogP contribution in [-0.4, -0.2) is 21.7 Å². The average molecular weight is 520 g/mol. The van der Waals surface area contributed by atoms with Crippen molar-refractivity contribution in [1.82, 2.24) is 4.90 Å². The number of carbonyl (C=O) groups is 2. The van der Waals surface area contributed by atoms with Crippen molar-refractivity contribution in [3.63, 3.8) is 0 Å². The number of fused-ring (bicyclic) bond motifs is 1. The van der Waals surface area contributed by atoms with Gasteiger partial charge in [-0.1, -0.05) is 54.6 Å². The lowest BCUT2D eigenvalue weighted by Crippen LogP contribution is -2.29. The number of amides is 1. The first-order valence-electron chi connectivity index (χ1n) is 13.3. The molecular formula is C33H29NO5. The molecule has 4 aromatic rings. The molecule has 6 rings (SSSR count). The van der Waals surface area contributed by atoms with Gasteiger partial charge in [-0.25, -0.2) is 0 Å². The number of Topliss-reactive ketones (excluding diaryl/α,β-unsaturated/α-hetero) is 1. The van der Waals surface area contributed by atoms with Gasteiger partial charge in [0.25, 0.3) is 11.7 Å². The van der Waals surface area contributed by atoms with Crippen LogP contribution in [0.5, 0.6) is 5.75 Å². The average Bonchev–Trinajstić information content (AvgIpc) is 3.58. The van der Waals surface area contributed by atoms with Crippen molar-refractivity contribution in [2.45, 2.75) is 44.9 Å². The number of carbonyl (C=O) groups excluding carboxylic acids is 2. The van der Waals surface area contributed by atoms with Gasteiger partial charge in [0.2, 0.25) is 0 Å². The number of aliphatic hydroxyl groups excluding tert-OH is 1. The van der Waals surface area contributed by atoms with Gasteiger partial charge < -0.3 is 19.2 Å². The molecule has 2 heterocycles. The van der Waals surface area contributed by atoms with Gasteiger partial charge in [0.05, 0.1) is 24.4 Å². The van der Waals surface area contributed by atoms with Crippen LogP contribution < -0.4 is 4.74 Å². The van der Waals surface area contributed by atoms with Crippen LogP contribution in [0.3, 0.4) is 0 Å². The van der Waals surface area contributed by atoms with Gasteiger partial charge in [-0.2, -0.15) is 0 Å². The number of likely N-dealkylation sites (tertiary alicyclic amines) is 1. The standard InChI is InChI=1S/C33H29NO5/c35-31(26-16-15-23-10-4-5-11-24(23)18-26)29-30(34(33(37)32(29)36)20-28-14-7-17-38-28)25-12-6-13-27(19-25)39-21-22-8-2-1-3-9-22/h1-3,6-9,12-19,30,35H,4-5,10-11,20-21H2/b31-29-. The van der Waals surface area contributed by atoms with E-state index in [9.17, 15) is 14.7 Å². The summed E-state index contributed by atoms with van der Waals surface area (Å²) >= 11 is 0. The molecular weight excluding hydrogens is 490 g/mol. The summed E-state index contributed by atoms with van der Waals surface area (Å²) in [5.74, 6) is -0.394. The summed E-state index contributed by atoms with van der Waals surface area (Å²) in [5, 5.41) is 11.5. The molecule has 1 unspecified atom stereocenters. The number of aryl methyl sites for hydroxylation is 2. The normalized spacial score (nSPS) is 18.3. The molecule has 196 valence electrons. The summed E-state index contributed by atoms with van der Waals surface area (Å²) < 4.78 is 11.6. The Morgan fingerprint density at radius 1 is 0.897 bits per heavy atom. The van der Waals surface area contributed by atoms with Gasteiger partial charge in [0.15, 0.2) is 0 Å². The van der Waals surface area contributed by atoms with Crippen molar-refractivity contribution in [2.24, 2.45) is 0 Å². The number of aliphatic hydroxyl groups is 1. The number of benzene rings is 3. The minimum atomic E-state index is -0.800. The fourth-order valence-electron chi connectivity index (χ4n) is 5.51. The zero-order chi connectivity index (χ0) is 26.8. The number of hydrogen-bond donors (Lipinski definition) is 1. The van der Waals surface area contributed by atoms with Crippen molar-refractivity contribution >= 4 is 17.4 Å². The molecule has 1 aromatic heterocycles. The number of furan rings is 1. The molecule has 3 aromatic carbocycles. The van der Waals surface area contributed by atoms with E-state index < -0.39 is 17.7 Å². The Hall–Kier alpha value is -4.58. The molecule has 1 fully saturated rings. The highest BCUT2D eigenvalue weighted by molar-refractivity contribution is 6.46. The van der Waals surface area contributed by atoms with Gasteiger partial charge in [-0.3, -0.25) is 9.59 Å². The van der Waals surface area contributed by atoms with Crippen molar-refractivity contribution < 1.29 is 23.8 Å². The van der Waals surface area contributed by atoms with Crippen LogP contribution in [0.1, 0.15) is 52.5 Å². The third-order valence-electron chi connectivity index (χ3n) is 7.49. The van der Waals surface area contributed by atoms with Crippen molar-refractivity contribution in [3.8, 4) is 5.75 Å². The topological polar surface area (TPSA) is 80.0 Å². The van der Waals surface area contributed by atoms with E-state index in [2.05, 4.69) is 0 Å². The minimum absolute atomic E-state index is 0.0718. The number of nitrogens with zero attached hydrogens (tertiary/aromatic N) is 1. The molecule has 1 saturated heterocycles. The van der Waals surface area contributed by atoms with Crippen LogP contribution in [0.2, 0.25) is 0 Å². The van der Waals surface area contributed by atoms with Gasteiger partial charge in [-0.05, 0) is 78.3 Å². The molecule has 0 saturated carbocycles. The number of hydrogen-bond acceptors (Lipinski definition) is 5. The van der Waals surface area contributed by atoms with Crippen LogP contribution in [0.25, 0.3) is 5.76 Å². The summed E-state index contributed by atoms with van der Waals surface area (Å²) in [5.41, 5.74) is 4.78. The van der Waals surface area contributed by atoms with Crippen LogP contribution in [0.15, 0.2) is 101 Å². The second kappa shape index (κ2) is 10.7. The lowest BCUT2D eigenvalue weighted by atomic mass is 9.88. The second-order valence-electron chi connectivity index (χ2n) is 10.0. The van der Waals surface area contributed by atoms with Gasteiger partial charge >= 0.3 is 0 Å². The van der Waals surface area contributed by atoms with E-state index in [-0.39, 0.29) is 17.9 Å². The maximum atomic E-state index is 13.5. The summed E-state index contributed by atoms with van der Waals surface area (Å²) in [6, 6.07) is 25.7.